The van der Waals surface area contributed by atoms with Crippen molar-refractivity contribution < 1.29 is 14.6 Å². The predicted molar refractivity (Wildman–Crippen MR) is 77.9 cm³/mol. The zero-order valence-corrected chi connectivity index (χ0v) is 12.7. The third-order valence-corrected chi connectivity index (χ3v) is 4.47. The minimum atomic E-state index is -0.746. The smallest absolute Gasteiger partial charge is 0.323 e. The Balaban J connectivity index is 2.06. The van der Waals surface area contributed by atoms with E-state index >= 15 is 0 Å². The van der Waals surface area contributed by atoms with Crippen molar-refractivity contribution in [2.24, 2.45) is 0 Å². The molecule has 2 aliphatic rings. The van der Waals surface area contributed by atoms with Gasteiger partial charge in [0.1, 0.15) is 5.54 Å². The largest absolute Gasteiger partial charge is 0.480 e. The lowest BCUT2D eigenvalue weighted by molar-refractivity contribution is -0.148. The van der Waals surface area contributed by atoms with Gasteiger partial charge in [-0.1, -0.05) is 0 Å². The summed E-state index contributed by atoms with van der Waals surface area (Å²) < 4.78 is 5.51. The van der Waals surface area contributed by atoms with Crippen molar-refractivity contribution in [3.8, 4) is 0 Å². The fourth-order valence-corrected chi connectivity index (χ4v) is 3.63. The molecular weight excluding hydrogens is 256 g/mol. The second-order valence-corrected chi connectivity index (χ2v) is 6.44. The van der Waals surface area contributed by atoms with Gasteiger partial charge in [-0.2, -0.15) is 0 Å². The van der Waals surface area contributed by atoms with E-state index in [9.17, 15) is 9.90 Å². The van der Waals surface area contributed by atoms with Crippen LogP contribution < -0.4 is 5.32 Å². The summed E-state index contributed by atoms with van der Waals surface area (Å²) in [4.78, 5) is 14.2. The molecule has 5 nitrogen and oxygen atoms in total. The summed E-state index contributed by atoms with van der Waals surface area (Å²) in [6.07, 6.45) is 4.58. The van der Waals surface area contributed by atoms with Gasteiger partial charge in [0.15, 0.2) is 0 Å². The van der Waals surface area contributed by atoms with E-state index in [1.165, 1.54) is 0 Å². The molecule has 0 spiro atoms. The topological polar surface area (TPSA) is 61.8 Å². The van der Waals surface area contributed by atoms with Crippen molar-refractivity contribution in [2.45, 2.75) is 63.6 Å². The highest BCUT2D eigenvalue weighted by Gasteiger charge is 2.44. The Labute approximate surface area is 121 Å². The van der Waals surface area contributed by atoms with Crippen molar-refractivity contribution >= 4 is 5.97 Å². The molecule has 1 saturated carbocycles. The summed E-state index contributed by atoms with van der Waals surface area (Å²) in [7, 11) is 0. The SMILES string of the molecule is CC(C)NC1(C(=O)O)CCCC(N2CCCOCC2)C1. The number of nitrogens with one attached hydrogen (secondary N) is 1. The monoisotopic (exact) mass is 284 g/mol. The number of carboxylic acids is 1. The van der Waals surface area contributed by atoms with Crippen molar-refractivity contribution in [2.75, 3.05) is 26.3 Å². The van der Waals surface area contributed by atoms with Gasteiger partial charge in [-0.25, -0.2) is 0 Å². The van der Waals surface area contributed by atoms with Crippen LogP contribution in [-0.4, -0.2) is 59.9 Å². The molecule has 0 radical (unpaired) electrons. The van der Waals surface area contributed by atoms with Crippen molar-refractivity contribution in [1.82, 2.24) is 10.2 Å². The van der Waals surface area contributed by atoms with Crippen LogP contribution in [0.1, 0.15) is 46.0 Å². The first kappa shape index (κ1) is 15.7. The summed E-state index contributed by atoms with van der Waals surface area (Å²) in [6.45, 7) is 7.61. The van der Waals surface area contributed by atoms with Crippen LogP contribution in [0.15, 0.2) is 0 Å². The lowest BCUT2D eigenvalue weighted by Crippen LogP contribution is -2.60. The highest BCUT2D eigenvalue weighted by Crippen LogP contribution is 2.32. The molecule has 5 heteroatoms. The van der Waals surface area contributed by atoms with Gasteiger partial charge in [0.25, 0.3) is 0 Å². The van der Waals surface area contributed by atoms with E-state index in [1.807, 2.05) is 13.8 Å². The minimum absolute atomic E-state index is 0.192. The molecule has 2 atom stereocenters. The normalized spacial score (nSPS) is 33.0. The van der Waals surface area contributed by atoms with Gasteiger partial charge in [0.2, 0.25) is 0 Å². The number of ether oxygens (including phenoxy) is 1. The van der Waals surface area contributed by atoms with E-state index in [0.717, 1.165) is 52.0 Å². The average Bonchev–Trinajstić information content (AvgIpc) is 2.66. The molecule has 20 heavy (non-hydrogen) atoms. The fourth-order valence-electron chi connectivity index (χ4n) is 3.63. The standard InChI is InChI=1S/C15H28N2O3/c1-12(2)16-15(14(18)19)6-3-5-13(11-15)17-7-4-9-20-10-8-17/h12-13,16H,3-11H2,1-2H3,(H,18,19). The van der Waals surface area contributed by atoms with Crippen LogP contribution in [-0.2, 0) is 9.53 Å². The van der Waals surface area contributed by atoms with E-state index in [4.69, 9.17) is 4.74 Å². The van der Waals surface area contributed by atoms with Gasteiger partial charge in [-0.15, -0.1) is 0 Å². The molecule has 0 bridgehead atoms. The third-order valence-electron chi connectivity index (χ3n) is 4.47. The van der Waals surface area contributed by atoms with Gasteiger partial charge >= 0.3 is 5.97 Å². The van der Waals surface area contributed by atoms with Crippen LogP contribution in [0.4, 0.5) is 0 Å². The Hall–Kier alpha value is -0.650. The van der Waals surface area contributed by atoms with Gasteiger partial charge in [0.05, 0.1) is 6.61 Å². The molecular formula is C15H28N2O3. The summed E-state index contributed by atoms with van der Waals surface area (Å²) in [5.74, 6) is -0.693. The Morgan fingerprint density at radius 3 is 2.85 bits per heavy atom. The average molecular weight is 284 g/mol. The van der Waals surface area contributed by atoms with E-state index in [1.54, 1.807) is 0 Å². The lowest BCUT2D eigenvalue weighted by Gasteiger charge is -2.43. The second-order valence-electron chi connectivity index (χ2n) is 6.44. The van der Waals surface area contributed by atoms with Crippen molar-refractivity contribution in [1.29, 1.82) is 0 Å². The van der Waals surface area contributed by atoms with E-state index in [0.29, 0.717) is 12.5 Å². The zero-order chi connectivity index (χ0) is 14.6. The second kappa shape index (κ2) is 6.87. The number of nitrogens with zero attached hydrogens (tertiary/aromatic N) is 1. The summed E-state index contributed by atoms with van der Waals surface area (Å²) >= 11 is 0. The van der Waals surface area contributed by atoms with Crippen LogP contribution in [0.2, 0.25) is 0 Å². The summed E-state index contributed by atoms with van der Waals surface area (Å²) in [5.41, 5.74) is -0.746. The molecule has 0 aromatic carbocycles. The summed E-state index contributed by atoms with van der Waals surface area (Å²) in [5, 5.41) is 13.0. The molecule has 1 heterocycles. The van der Waals surface area contributed by atoms with Crippen LogP contribution in [0.25, 0.3) is 0 Å². The van der Waals surface area contributed by atoms with E-state index in [-0.39, 0.29) is 6.04 Å². The lowest BCUT2D eigenvalue weighted by atomic mass is 9.77. The molecule has 2 fully saturated rings. The fraction of sp³-hybridized carbons (Fsp3) is 0.933. The van der Waals surface area contributed by atoms with E-state index in [2.05, 4.69) is 10.2 Å². The first-order valence-corrected chi connectivity index (χ1v) is 7.86. The van der Waals surface area contributed by atoms with Crippen LogP contribution in [0.5, 0.6) is 0 Å². The number of aliphatic carboxylic acids is 1. The van der Waals surface area contributed by atoms with Crippen LogP contribution in [0, 0.1) is 0 Å². The highest BCUT2D eigenvalue weighted by molar-refractivity contribution is 5.79. The maximum absolute atomic E-state index is 11.8. The Morgan fingerprint density at radius 1 is 1.35 bits per heavy atom. The Bertz CT molecular complexity index is 327. The third kappa shape index (κ3) is 3.71. The zero-order valence-electron chi connectivity index (χ0n) is 12.7. The van der Waals surface area contributed by atoms with Gasteiger partial charge in [0, 0.05) is 31.8 Å². The number of carbonyl (C=O) groups is 1. The maximum atomic E-state index is 11.8. The van der Waals surface area contributed by atoms with Gasteiger partial charge in [-0.05, 0) is 46.0 Å². The number of hydrogen-bond donors (Lipinski definition) is 2. The highest BCUT2D eigenvalue weighted by atomic mass is 16.5. The van der Waals surface area contributed by atoms with E-state index < -0.39 is 11.5 Å². The van der Waals surface area contributed by atoms with Gasteiger partial charge < -0.3 is 9.84 Å². The molecule has 0 aromatic heterocycles. The Morgan fingerprint density at radius 2 is 2.15 bits per heavy atom. The molecule has 1 saturated heterocycles. The Kier molecular flexibility index (Phi) is 5.41. The van der Waals surface area contributed by atoms with Crippen LogP contribution >= 0.6 is 0 Å². The molecule has 2 rings (SSSR count). The molecule has 116 valence electrons. The van der Waals surface area contributed by atoms with Gasteiger partial charge in [-0.3, -0.25) is 15.0 Å². The first-order valence-electron chi connectivity index (χ1n) is 7.86. The molecule has 0 amide bonds. The minimum Gasteiger partial charge on any atom is -0.480 e. The number of hydrogen-bond acceptors (Lipinski definition) is 4. The first-order chi connectivity index (χ1) is 9.53. The molecule has 2 N–H and O–H groups in total. The number of rotatable bonds is 4. The van der Waals surface area contributed by atoms with Crippen molar-refractivity contribution in [3.63, 3.8) is 0 Å². The molecule has 1 aliphatic heterocycles. The molecule has 0 aromatic rings. The maximum Gasteiger partial charge on any atom is 0.323 e. The molecule has 2 unspecified atom stereocenters. The summed E-state index contributed by atoms with van der Waals surface area (Å²) in [6, 6.07) is 0.560. The quantitative estimate of drug-likeness (QED) is 0.818. The van der Waals surface area contributed by atoms with Crippen molar-refractivity contribution in [3.05, 3.63) is 0 Å². The predicted octanol–water partition coefficient (Wildman–Crippen LogP) is 1.47. The number of carboxylic acid groups (broad SMARTS) is 1. The van der Waals surface area contributed by atoms with Crippen LogP contribution in [0.3, 0.4) is 0 Å². The molecule has 1 aliphatic carbocycles.